The van der Waals surface area contributed by atoms with Crippen LogP contribution in [-0.4, -0.2) is 11.9 Å². The molecule has 0 saturated carbocycles. The second-order valence-corrected chi connectivity index (χ2v) is 7.65. The molecule has 0 aliphatic heterocycles. The van der Waals surface area contributed by atoms with Crippen LogP contribution in [0, 0.1) is 29.1 Å². The van der Waals surface area contributed by atoms with Crippen LogP contribution in [0.1, 0.15) is 36.5 Å². The maximum atomic E-state index is 13.4. The first-order valence-corrected chi connectivity index (χ1v) is 11.0. The van der Waals surface area contributed by atoms with Crippen LogP contribution in [0.2, 0.25) is 0 Å². The predicted molar refractivity (Wildman–Crippen MR) is 131 cm³/mol. The van der Waals surface area contributed by atoms with Gasteiger partial charge in [-0.05, 0) is 30.2 Å². The molecule has 0 aliphatic rings. The molecule has 0 saturated heterocycles. The average molecular weight is 451 g/mol. The fourth-order valence-electron chi connectivity index (χ4n) is 3.21. The van der Waals surface area contributed by atoms with Crippen molar-refractivity contribution in [2.45, 2.75) is 33.0 Å². The van der Waals surface area contributed by atoms with E-state index in [9.17, 15) is 9.59 Å². The second kappa shape index (κ2) is 12.7. The summed E-state index contributed by atoms with van der Waals surface area (Å²) < 4.78 is 11.2. The Morgan fingerprint density at radius 2 is 1.12 bits per heavy atom. The van der Waals surface area contributed by atoms with Gasteiger partial charge in [0.2, 0.25) is 0 Å². The van der Waals surface area contributed by atoms with Gasteiger partial charge >= 0.3 is 11.9 Å². The Hall–Kier alpha value is -4.28. The van der Waals surface area contributed by atoms with Gasteiger partial charge in [-0.2, -0.15) is 0 Å². The Balaban J connectivity index is 1.87. The largest absolute Gasteiger partial charge is 0.460 e. The quantitative estimate of drug-likeness (QED) is 0.265. The maximum Gasteiger partial charge on any atom is 0.325 e. The molecule has 0 N–H and O–H groups in total. The molecule has 170 valence electrons. The van der Waals surface area contributed by atoms with Crippen LogP contribution in [0.5, 0.6) is 0 Å². The standard InChI is InChI=1S/C30H26O4/c1-2-3-21-30(22-13-20-25-14-7-4-8-15-25,28(31)33-23-26-16-9-5-10-17-26)29(32)34-24-27-18-11-6-12-19-27/h4-12,14-19H,21-24H2,1H3. The lowest BCUT2D eigenvalue weighted by Crippen LogP contribution is -2.41. The van der Waals surface area contributed by atoms with E-state index in [0.29, 0.717) is 0 Å². The molecule has 0 atom stereocenters. The van der Waals surface area contributed by atoms with Gasteiger partial charge in [-0.25, -0.2) is 0 Å². The van der Waals surface area contributed by atoms with E-state index in [1.165, 1.54) is 0 Å². The van der Waals surface area contributed by atoms with Gasteiger partial charge in [0, 0.05) is 18.4 Å². The van der Waals surface area contributed by atoms with Gasteiger partial charge in [0.1, 0.15) is 13.2 Å². The zero-order valence-electron chi connectivity index (χ0n) is 19.1. The van der Waals surface area contributed by atoms with Gasteiger partial charge in [-0.3, -0.25) is 9.59 Å². The first kappa shape index (κ1) is 24.4. The van der Waals surface area contributed by atoms with Crippen LogP contribution in [0.25, 0.3) is 0 Å². The molecule has 3 aromatic rings. The van der Waals surface area contributed by atoms with E-state index in [2.05, 4.69) is 23.7 Å². The van der Waals surface area contributed by atoms with Gasteiger partial charge in [-0.15, -0.1) is 11.8 Å². The Labute approximate surface area is 200 Å². The topological polar surface area (TPSA) is 52.6 Å². The zero-order chi connectivity index (χ0) is 24.1. The summed E-state index contributed by atoms with van der Waals surface area (Å²) in [7, 11) is 0. The molecule has 3 rings (SSSR count). The number of hydrogen-bond donors (Lipinski definition) is 0. The van der Waals surface area contributed by atoms with Crippen LogP contribution in [0.4, 0.5) is 0 Å². The Bertz CT molecular complexity index is 1140. The van der Waals surface area contributed by atoms with Gasteiger partial charge in [0.25, 0.3) is 0 Å². The minimum absolute atomic E-state index is 0.0407. The number of rotatable bonds is 8. The highest BCUT2D eigenvalue weighted by Crippen LogP contribution is 2.31. The number of esters is 2. The molecular weight excluding hydrogens is 424 g/mol. The van der Waals surface area contributed by atoms with Crippen molar-refractivity contribution in [1.29, 1.82) is 0 Å². The van der Waals surface area contributed by atoms with E-state index in [4.69, 9.17) is 9.47 Å². The van der Waals surface area contributed by atoms with Crippen molar-refractivity contribution >= 4 is 11.9 Å². The molecule has 0 spiro atoms. The van der Waals surface area contributed by atoms with E-state index in [-0.39, 0.29) is 26.1 Å². The summed E-state index contributed by atoms with van der Waals surface area (Å²) in [4.78, 5) is 26.8. The number of carbonyl (C=O) groups excluding carboxylic acids is 2. The van der Waals surface area contributed by atoms with E-state index >= 15 is 0 Å². The third-order valence-corrected chi connectivity index (χ3v) is 5.17. The van der Waals surface area contributed by atoms with Crippen molar-refractivity contribution in [1.82, 2.24) is 0 Å². The highest BCUT2D eigenvalue weighted by molar-refractivity contribution is 6.00. The first-order chi connectivity index (χ1) is 16.6. The summed E-state index contributed by atoms with van der Waals surface area (Å²) >= 11 is 0. The van der Waals surface area contributed by atoms with Crippen molar-refractivity contribution < 1.29 is 19.1 Å². The molecule has 0 aliphatic carbocycles. The Morgan fingerprint density at radius 1 is 0.676 bits per heavy atom. The third-order valence-electron chi connectivity index (χ3n) is 5.17. The fourth-order valence-corrected chi connectivity index (χ4v) is 3.21. The summed E-state index contributed by atoms with van der Waals surface area (Å²) in [5.74, 6) is 10.3. The lowest BCUT2D eigenvalue weighted by Gasteiger charge is -2.26. The molecule has 34 heavy (non-hydrogen) atoms. The Kier molecular flexibility index (Phi) is 9.09. The molecule has 0 bridgehead atoms. The number of ether oxygens (including phenoxy) is 2. The second-order valence-electron chi connectivity index (χ2n) is 7.65. The average Bonchev–Trinajstić information content (AvgIpc) is 2.89. The Morgan fingerprint density at radius 3 is 1.59 bits per heavy atom. The molecule has 0 fully saturated rings. The van der Waals surface area contributed by atoms with Crippen LogP contribution >= 0.6 is 0 Å². The van der Waals surface area contributed by atoms with Crippen LogP contribution in [0.15, 0.2) is 91.0 Å². The van der Waals surface area contributed by atoms with Crippen molar-refractivity contribution in [3.8, 4) is 23.7 Å². The monoisotopic (exact) mass is 450 g/mol. The number of benzene rings is 3. The normalized spacial score (nSPS) is 10.1. The summed E-state index contributed by atoms with van der Waals surface area (Å²) in [5.41, 5.74) is 0.765. The summed E-state index contributed by atoms with van der Waals surface area (Å²) in [6.45, 7) is 1.74. The van der Waals surface area contributed by atoms with Gasteiger partial charge in [0.15, 0.2) is 5.41 Å². The van der Waals surface area contributed by atoms with Crippen molar-refractivity contribution in [2.24, 2.45) is 5.41 Å². The fraction of sp³-hybridized carbons (Fsp3) is 0.200. The summed E-state index contributed by atoms with van der Waals surface area (Å²) in [6, 6.07) is 28.0. The first-order valence-electron chi connectivity index (χ1n) is 11.0. The lowest BCUT2D eigenvalue weighted by molar-refractivity contribution is -0.173. The summed E-state index contributed by atoms with van der Waals surface area (Å²) in [6.07, 6.45) is -0.119. The minimum Gasteiger partial charge on any atom is -0.460 e. The van der Waals surface area contributed by atoms with Crippen LogP contribution in [-0.2, 0) is 32.3 Å². The molecular formula is C30H26O4. The van der Waals surface area contributed by atoms with E-state index in [0.717, 1.165) is 16.7 Å². The van der Waals surface area contributed by atoms with Crippen LogP contribution < -0.4 is 0 Å². The van der Waals surface area contributed by atoms with Crippen LogP contribution in [0.3, 0.4) is 0 Å². The zero-order valence-corrected chi connectivity index (χ0v) is 19.1. The van der Waals surface area contributed by atoms with E-state index in [1.54, 1.807) is 6.92 Å². The molecule has 0 unspecified atom stereocenters. The van der Waals surface area contributed by atoms with Crippen molar-refractivity contribution in [3.05, 3.63) is 108 Å². The lowest BCUT2D eigenvalue weighted by atomic mass is 9.81. The highest BCUT2D eigenvalue weighted by Gasteiger charge is 2.48. The predicted octanol–water partition coefficient (Wildman–Crippen LogP) is 5.31. The smallest absolute Gasteiger partial charge is 0.325 e. The SMILES string of the molecule is CC#CCC(CC#Cc1ccccc1)(C(=O)OCc1ccccc1)C(=O)OCc1ccccc1. The van der Waals surface area contributed by atoms with Gasteiger partial charge < -0.3 is 9.47 Å². The van der Waals surface area contributed by atoms with E-state index in [1.807, 2.05) is 91.0 Å². The molecule has 0 amide bonds. The molecule has 0 aromatic heterocycles. The maximum absolute atomic E-state index is 13.4. The minimum atomic E-state index is -1.66. The third kappa shape index (κ3) is 6.86. The number of hydrogen-bond acceptors (Lipinski definition) is 4. The number of carbonyl (C=O) groups is 2. The van der Waals surface area contributed by atoms with Crippen molar-refractivity contribution in [3.63, 3.8) is 0 Å². The summed E-state index contributed by atoms with van der Waals surface area (Å²) in [5, 5.41) is 0. The molecule has 0 heterocycles. The highest BCUT2D eigenvalue weighted by atomic mass is 16.6. The van der Waals surface area contributed by atoms with Crippen molar-refractivity contribution in [2.75, 3.05) is 0 Å². The van der Waals surface area contributed by atoms with Gasteiger partial charge in [0.05, 0.1) is 0 Å². The molecule has 0 radical (unpaired) electrons. The van der Waals surface area contributed by atoms with Gasteiger partial charge in [-0.1, -0.05) is 90.7 Å². The molecule has 4 nitrogen and oxygen atoms in total. The molecule has 3 aromatic carbocycles. The molecule has 4 heteroatoms. The van der Waals surface area contributed by atoms with E-state index < -0.39 is 17.4 Å².